The minimum absolute atomic E-state index is 0.101. The number of hydrogen-bond donors (Lipinski definition) is 0. The number of hydrogen-bond acceptors (Lipinski definition) is 4. The van der Waals surface area contributed by atoms with Crippen LogP contribution in [0, 0.1) is 0 Å². The summed E-state index contributed by atoms with van der Waals surface area (Å²) in [4.78, 5) is 12.1. The van der Waals surface area contributed by atoms with Crippen LogP contribution in [0.3, 0.4) is 0 Å². The lowest BCUT2D eigenvalue weighted by atomic mass is 10.1. The Morgan fingerprint density at radius 3 is 2.56 bits per heavy atom. The van der Waals surface area contributed by atoms with E-state index in [2.05, 4.69) is 20.8 Å². The standard InChI is InChI=1S/C14H18O3S/c1-14(2,3)18-9-11(15)10-4-5-12-13(8-10)17-7-6-16-12/h4-5,8H,6-7,9H2,1-3H3. The highest BCUT2D eigenvalue weighted by Gasteiger charge is 2.17. The molecule has 0 unspecified atom stereocenters. The Kier molecular flexibility index (Phi) is 3.85. The second kappa shape index (κ2) is 5.22. The van der Waals surface area contributed by atoms with E-state index in [0.29, 0.717) is 30.3 Å². The minimum Gasteiger partial charge on any atom is -0.486 e. The van der Waals surface area contributed by atoms with Crippen molar-refractivity contribution in [3.8, 4) is 11.5 Å². The van der Waals surface area contributed by atoms with E-state index in [1.54, 1.807) is 23.9 Å². The van der Waals surface area contributed by atoms with E-state index < -0.39 is 0 Å². The van der Waals surface area contributed by atoms with Gasteiger partial charge in [-0.3, -0.25) is 4.79 Å². The van der Waals surface area contributed by atoms with Crippen molar-refractivity contribution in [2.45, 2.75) is 25.5 Å². The van der Waals surface area contributed by atoms with Crippen LogP contribution in [0.15, 0.2) is 18.2 Å². The summed E-state index contributed by atoms with van der Waals surface area (Å²) < 4.78 is 11.0. The zero-order valence-electron chi connectivity index (χ0n) is 11.0. The van der Waals surface area contributed by atoms with Crippen molar-refractivity contribution < 1.29 is 14.3 Å². The quantitative estimate of drug-likeness (QED) is 0.787. The van der Waals surface area contributed by atoms with E-state index >= 15 is 0 Å². The van der Waals surface area contributed by atoms with Crippen LogP contribution in [-0.2, 0) is 0 Å². The van der Waals surface area contributed by atoms with Crippen LogP contribution in [-0.4, -0.2) is 29.5 Å². The van der Waals surface area contributed by atoms with E-state index in [0.717, 1.165) is 5.75 Å². The molecule has 0 N–H and O–H groups in total. The van der Waals surface area contributed by atoms with Gasteiger partial charge in [-0.2, -0.15) is 0 Å². The van der Waals surface area contributed by atoms with Crippen LogP contribution >= 0.6 is 11.8 Å². The molecule has 1 aliphatic heterocycles. The Balaban J connectivity index is 2.07. The molecule has 1 aromatic carbocycles. The molecule has 3 nitrogen and oxygen atoms in total. The molecular formula is C14H18O3S. The fraction of sp³-hybridized carbons (Fsp3) is 0.500. The predicted octanol–water partition coefficient (Wildman–Crippen LogP) is 3.17. The van der Waals surface area contributed by atoms with Crippen molar-refractivity contribution in [1.29, 1.82) is 0 Å². The normalized spacial score (nSPS) is 14.4. The summed E-state index contributed by atoms with van der Waals surface area (Å²) in [5, 5.41) is 0. The van der Waals surface area contributed by atoms with Crippen LogP contribution in [0.4, 0.5) is 0 Å². The molecule has 0 bridgehead atoms. The van der Waals surface area contributed by atoms with Crippen LogP contribution in [0.25, 0.3) is 0 Å². The maximum absolute atomic E-state index is 12.1. The maximum Gasteiger partial charge on any atom is 0.172 e. The van der Waals surface area contributed by atoms with Crippen molar-refractivity contribution in [2.75, 3.05) is 19.0 Å². The first-order valence-corrected chi connectivity index (χ1v) is 7.01. The van der Waals surface area contributed by atoms with Crippen molar-refractivity contribution in [2.24, 2.45) is 0 Å². The number of thioether (sulfide) groups is 1. The summed E-state index contributed by atoms with van der Waals surface area (Å²) in [6.07, 6.45) is 0. The van der Waals surface area contributed by atoms with Gasteiger partial charge in [0.1, 0.15) is 13.2 Å². The smallest absolute Gasteiger partial charge is 0.172 e. The van der Waals surface area contributed by atoms with Gasteiger partial charge in [0.2, 0.25) is 0 Å². The molecule has 1 aliphatic rings. The summed E-state index contributed by atoms with van der Waals surface area (Å²) in [5.41, 5.74) is 0.691. The molecule has 0 fully saturated rings. The van der Waals surface area contributed by atoms with E-state index in [1.165, 1.54) is 0 Å². The largest absolute Gasteiger partial charge is 0.486 e. The highest BCUT2D eigenvalue weighted by Crippen LogP contribution is 2.31. The van der Waals surface area contributed by atoms with Gasteiger partial charge in [-0.25, -0.2) is 0 Å². The van der Waals surface area contributed by atoms with Crippen molar-refractivity contribution in [3.63, 3.8) is 0 Å². The predicted molar refractivity (Wildman–Crippen MR) is 74.0 cm³/mol. The zero-order chi connectivity index (χ0) is 13.2. The third-order valence-corrected chi connectivity index (χ3v) is 3.77. The Morgan fingerprint density at radius 2 is 1.89 bits per heavy atom. The summed E-state index contributed by atoms with van der Waals surface area (Å²) in [6, 6.07) is 5.39. The van der Waals surface area contributed by atoms with E-state index in [1.807, 2.05) is 6.07 Å². The first-order valence-electron chi connectivity index (χ1n) is 6.02. The van der Waals surface area contributed by atoms with Crippen LogP contribution in [0.1, 0.15) is 31.1 Å². The summed E-state index contributed by atoms with van der Waals surface area (Å²) in [6.45, 7) is 7.43. The fourth-order valence-corrected chi connectivity index (χ4v) is 2.31. The van der Waals surface area contributed by atoms with Gasteiger partial charge in [-0.15, -0.1) is 11.8 Å². The van der Waals surface area contributed by atoms with Crippen LogP contribution in [0.2, 0.25) is 0 Å². The van der Waals surface area contributed by atoms with E-state index in [-0.39, 0.29) is 10.5 Å². The number of ketones is 1. The average Bonchev–Trinajstić information content (AvgIpc) is 2.34. The molecule has 1 heterocycles. The van der Waals surface area contributed by atoms with Gasteiger partial charge in [0.05, 0.1) is 5.75 Å². The molecule has 4 heteroatoms. The summed E-state index contributed by atoms with van der Waals surface area (Å²) in [5.74, 6) is 2.02. The van der Waals surface area contributed by atoms with Crippen LogP contribution in [0.5, 0.6) is 11.5 Å². The Morgan fingerprint density at radius 1 is 1.22 bits per heavy atom. The second-order valence-corrected chi connectivity index (χ2v) is 6.98. The zero-order valence-corrected chi connectivity index (χ0v) is 11.8. The number of Topliss-reactive ketones (excluding diaryl/α,β-unsaturated/α-hetero) is 1. The molecule has 1 aromatic rings. The Labute approximate surface area is 112 Å². The monoisotopic (exact) mass is 266 g/mol. The summed E-state index contributed by atoms with van der Waals surface area (Å²) >= 11 is 1.65. The third-order valence-electron chi connectivity index (χ3n) is 2.50. The Bertz CT molecular complexity index is 449. The van der Waals surface area contributed by atoms with Gasteiger partial charge in [-0.05, 0) is 18.2 Å². The van der Waals surface area contributed by atoms with Gasteiger partial charge < -0.3 is 9.47 Å². The lowest BCUT2D eigenvalue weighted by Crippen LogP contribution is -2.16. The number of carbonyl (C=O) groups is 1. The molecule has 0 aliphatic carbocycles. The minimum atomic E-state index is 0.101. The number of benzene rings is 1. The maximum atomic E-state index is 12.1. The number of ether oxygens (including phenoxy) is 2. The number of carbonyl (C=O) groups excluding carboxylic acids is 1. The van der Waals surface area contributed by atoms with Gasteiger partial charge in [0.15, 0.2) is 17.3 Å². The molecule has 0 spiro atoms. The first kappa shape index (κ1) is 13.3. The van der Waals surface area contributed by atoms with Gasteiger partial charge in [0, 0.05) is 10.3 Å². The number of fused-ring (bicyclic) bond motifs is 1. The molecule has 18 heavy (non-hydrogen) atoms. The second-order valence-electron chi connectivity index (χ2n) is 5.18. The van der Waals surface area contributed by atoms with Crippen molar-refractivity contribution in [1.82, 2.24) is 0 Å². The third kappa shape index (κ3) is 3.42. The van der Waals surface area contributed by atoms with E-state index in [9.17, 15) is 4.79 Å². The van der Waals surface area contributed by atoms with Gasteiger partial charge in [-0.1, -0.05) is 20.8 Å². The molecule has 0 aromatic heterocycles. The first-order chi connectivity index (χ1) is 8.46. The molecular weight excluding hydrogens is 248 g/mol. The van der Waals surface area contributed by atoms with Crippen molar-refractivity contribution >= 4 is 17.5 Å². The molecule has 2 rings (SSSR count). The molecule has 98 valence electrons. The SMILES string of the molecule is CC(C)(C)SCC(=O)c1ccc2c(c1)OCCO2. The van der Waals surface area contributed by atoms with Gasteiger partial charge >= 0.3 is 0 Å². The average molecular weight is 266 g/mol. The van der Waals surface area contributed by atoms with Crippen molar-refractivity contribution in [3.05, 3.63) is 23.8 Å². The lowest BCUT2D eigenvalue weighted by molar-refractivity contribution is 0.102. The molecule has 0 saturated heterocycles. The fourth-order valence-electron chi connectivity index (χ4n) is 1.58. The topological polar surface area (TPSA) is 35.5 Å². The van der Waals surface area contributed by atoms with E-state index in [4.69, 9.17) is 9.47 Å². The highest BCUT2D eigenvalue weighted by atomic mass is 32.2. The molecule has 0 amide bonds. The highest BCUT2D eigenvalue weighted by molar-refractivity contribution is 8.01. The van der Waals surface area contributed by atoms with Crippen LogP contribution < -0.4 is 9.47 Å². The lowest BCUT2D eigenvalue weighted by Gasteiger charge is -2.19. The number of rotatable bonds is 3. The Hall–Kier alpha value is -1.16. The molecule has 0 radical (unpaired) electrons. The summed E-state index contributed by atoms with van der Waals surface area (Å²) in [7, 11) is 0. The van der Waals surface area contributed by atoms with Gasteiger partial charge in [0.25, 0.3) is 0 Å². The molecule has 0 saturated carbocycles. The molecule has 0 atom stereocenters.